The lowest BCUT2D eigenvalue weighted by Gasteiger charge is -2.22. The van der Waals surface area contributed by atoms with E-state index in [1.165, 1.54) is 0 Å². The maximum Gasteiger partial charge on any atom is 0.319 e. The number of hydrogen-bond donors (Lipinski definition) is 3. The summed E-state index contributed by atoms with van der Waals surface area (Å²) in [6.07, 6.45) is 4.97. The highest BCUT2D eigenvalue weighted by Gasteiger charge is 2.25. The number of aromatic nitrogens is 3. The van der Waals surface area contributed by atoms with Crippen LogP contribution in [0.25, 0.3) is 10.9 Å². The minimum atomic E-state index is -1.21. The molecule has 124 valence electrons. The van der Waals surface area contributed by atoms with E-state index >= 15 is 0 Å². The summed E-state index contributed by atoms with van der Waals surface area (Å²) in [5.74, 6) is 0. The fourth-order valence-corrected chi connectivity index (χ4v) is 2.43. The van der Waals surface area contributed by atoms with Crippen molar-refractivity contribution in [3.8, 4) is 0 Å². The largest absolute Gasteiger partial charge is 0.383 e. The summed E-state index contributed by atoms with van der Waals surface area (Å²) in [7, 11) is 1.77. The number of benzene rings is 1. The van der Waals surface area contributed by atoms with E-state index in [0.29, 0.717) is 16.8 Å². The minimum Gasteiger partial charge on any atom is -0.383 e. The molecule has 1 unspecified atom stereocenters. The Morgan fingerprint density at radius 1 is 1.33 bits per heavy atom. The highest BCUT2D eigenvalue weighted by atomic mass is 16.3. The number of pyridine rings is 1. The molecule has 1 aromatic carbocycles. The highest BCUT2D eigenvalue weighted by molar-refractivity contribution is 5.99. The van der Waals surface area contributed by atoms with Crippen molar-refractivity contribution < 1.29 is 9.90 Å². The van der Waals surface area contributed by atoms with Gasteiger partial charge in [-0.05, 0) is 19.1 Å². The Labute approximate surface area is 139 Å². The Morgan fingerprint density at radius 3 is 2.88 bits per heavy atom. The molecule has 0 saturated carbocycles. The van der Waals surface area contributed by atoms with E-state index in [4.69, 9.17) is 0 Å². The van der Waals surface area contributed by atoms with Crippen molar-refractivity contribution in [3.05, 3.63) is 54.5 Å². The van der Waals surface area contributed by atoms with Crippen LogP contribution in [0.5, 0.6) is 0 Å². The first-order valence-corrected chi connectivity index (χ1v) is 7.56. The van der Waals surface area contributed by atoms with Crippen LogP contribution in [-0.4, -0.2) is 32.4 Å². The predicted molar refractivity (Wildman–Crippen MR) is 91.5 cm³/mol. The lowest BCUT2D eigenvalue weighted by Crippen LogP contribution is -2.40. The third-order valence-corrected chi connectivity index (χ3v) is 3.80. The van der Waals surface area contributed by atoms with Gasteiger partial charge in [-0.1, -0.05) is 18.2 Å². The summed E-state index contributed by atoms with van der Waals surface area (Å²) in [5, 5.41) is 20.9. The number of anilines is 1. The second-order valence-electron chi connectivity index (χ2n) is 5.86. The predicted octanol–water partition coefficient (Wildman–Crippen LogP) is 2.00. The zero-order valence-corrected chi connectivity index (χ0v) is 13.5. The summed E-state index contributed by atoms with van der Waals surface area (Å²) < 4.78 is 1.60. The Morgan fingerprint density at radius 2 is 2.12 bits per heavy atom. The average molecular weight is 325 g/mol. The van der Waals surface area contributed by atoms with Crippen LogP contribution in [0.15, 0.2) is 48.9 Å². The molecule has 7 heteroatoms. The minimum absolute atomic E-state index is 0.0583. The average Bonchev–Trinajstić information content (AvgIpc) is 3.01. The molecule has 0 aliphatic carbocycles. The summed E-state index contributed by atoms with van der Waals surface area (Å²) in [6, 6.07) is 8.94. The summed E-state index contributed by atoms with van der Waals surface area (Å²) in [5.41, 5.74) is 0.765. The van der Waals surface area contributed by atoms with Gasteiger partial charge in [0.25, 0.3) is 0 Å². The number of para-hydroxylation sites is 1. The van der Waals surface area contributed by atoms with Crippen LogP contribution >= 0.6 is 0 Å². The highest BCUT2D eigenvalue weighted by Crippen LogP contribution is 2.21. The molecule has 2 amide bonds. The molecule has 3 rings (SSSR count). The number of nitrogens with one attached hydrogen (secondary N) is 2. The lowest BCUT2D eigenvalue weighted by molar-refractivity contribution is 0.0599. The molecule has 7 nitrogen and oxygen atoms in total. The van der Waals surface area contributed by atoms with Gasteiger partial charge in [0.15, 0.2) is 0 Å². The number of hydrogen-bond acceptors (Lipinski definition) is 4. The Balaban J connectivity index is 1.67. The number of nitrogens with zero attached hydrogens (tertiary/aromatic N) is 3. The maximum absolute atomic E-state index is 12.2. The van der Waals surface area contributed by atoms with E-state index in [-0.39, 0.29) is 6.54 Å². The standard InChI is InChI=1S/C17H19N5O2/c1-17(24,13-9-20-22(2)10-13)11-19-16(23)21-14-7-3-5-12-6-4-8-18-15(12)14/h3-10,24H,11H2,1-2H3,(H2,19,21,23). The number of fused-ring (bicyclic) bond motifs is 1. The fourth-order valence-electron chi connectivity index (χ4n) is 2.43. The van der Waals surface area contributed by atoms with Crippen molar-refractivity contribution in [1.29, 1.82) is 0 Å². The van der Waals surface area contributed by atoms with Gasteiger partial charge in [0, 0.05) is 30.4 Å². The molecule has 2 aromatic heterocycles. The van der Waals surface area contributed by atoms with Gasteiger partial charge in [0.2, 0.25) is 0 Å². The molecule has 3 aromatic rings. The summed E-state index contributed by atoms with van der Waals surface area (Å²) >= 11 is 0. The normalized spacial score (nSPS) is 13.5. The fraction of sp³-hybridized carbons (Fsp3) is 0.235. The van der Waals surface area contributed by atoms with E-state index < -0.39 is 11.6 Å². The number of amides is 2. The van der Waals surface area contributed by atoms with Gasteiger partial charge in [-0.3, -0.25) is 9.67 Å². The molecular weight excluding hydrogens is 306 g/mol. The van der Waals surface area contributed by atoms with Gasteiger partial charge in [-0.25, -0.2) is 4.79 Å². The Kier molecular flexibility index (Phi) is 4.18. The van der Waals surface area contributed by atoms with Gasteiger partial charge < -0.3 is 15.7 Å². The van der Waals surface area contributed by atoms with Gasteiger partial charge in [0.05, 0.1) is 23.9 Å². The number of carbonyl (C=O) groups excluding carboxylic acids is 1. The molecule has 0 fully saturated rings. The zero-order valence-electron chi connectivity index (χ0n) is 13.5. The second kappa shape index (κ2) is 6.29. The van der Waals surface area contributed by atoms with E-state index in [1.807, 2.05) is 24.3 Å². The Bertz CT molecular complexity index is 867. The molecule has 0 radical (unpaired) electrons. The van der Waals surface area contributed by atoms with E-state index in [0.717, 1.165) is 5.39 Å². The molecule has 1 atom stereocenters. The maximum atomic E-state index is 12.2. The molecule has 0 aliphatic rings. The topological polar surface area (TPSA) is 92.1 Å². The Hall–Kier alpha value is -2.93. The smallest absolute Gasteiger partial charge is 0.319 e. The molecule has 0 aliphatic heterocycles. The number of urea groups is 1. The molecule has 3 N–H and O–H groups in total. The van der Waals surface area contributed by atoms with Crippen molar-refractivity contribution in [2.24, 2.45) is 7.05 Å². The van der Waals surface area contributed by atoms with E-state index in [2.05, 4.69) is 20.7 Å². The number of carbonyl (C=O) groups is 1. The van der Waals surface area contributed by atoms with Gasteiger partial charge in [-0.15, -0.1) is 0 Å². The number of aryl methyl sites for hydroxylation is 1. The summed E-state index contributed by atoms with van der Waals surface area (Å²) in [6.45, 7) is 1.69. The van der Waals surface area contributed by atoms with Crippen LogP contribution in [0.4, 0.5) is 10.5 Å². The zero-order chi connectivity index (χ0) is 17.2. The lowest BCUT2D eigenvalue weighted by atomic mass is 10.00. The third kappa shape index (κ3) is 3.36. The van der Waals surface area contributed by atoms with Crippen LogP contribution in [0, 0.1) is 0 Å². The number of rotatable bonds is 4. The molecule has 2 heterocycles. The van der Waals surface area contributed by atoms with Gasteiger partial charge in [0.1, 0.15) is 5.60 Å². The van der Waals surface area contributed by atoms with Gasteiger partial charge in [-0.2, -0.15) is 5.10 Å². The molecule has 24 heavy (non-hydrogen) atoms. The summed E-state index contributed by atoms with van der Waals surface area (Å²) in [4.78, 5) is 16.4. The van der Waals surface area contributed by atoms with Crippen molar-refractivity contribution in [3.63, 3.8) is 0 Å². The molecule has 0 saturated heterocycles. The monoisotopic (exact) mass is 325 g/mol. The van der Waals surface area contributed by atoms with E-state index in [1.54, 1.807) is 43.3 Å². The van der Waals surface area contributed by atoms with Crippen molar-refractivity contribution in [1.82, 2.24) is 20.1 Å². The van der Waals surface area contributed by atoms with Crippen LogP contribution in [0.2, 0.25) is 0 Å². The third-order valence-electron chi connectivity index (χ3n) is 3.80. The van der Waals surface area contributed by atoms with Crippen molar-refractivity contribution in [2.75, 3.05) is 11.9 Å². The quantitative estimate of drug-likeness (QED) is 0.684. The first kappa shape index (κ1) is 15.9. The number of aliphatic hydroxyl groups is 1. The van der Waals surface area contributed by atoms with Crippen molar-refractivity contribution >= 4 is 22.6 Å². The van der Waals surface area contributed by atoms with Crippen molar-refractivity contribution in [2.45, 2.75) is 12.5 Å². The first-order valence-electron chi connectivity index (χ1n) is 7.56. The van der Waals surface area contributed by atoms with Crippen LogP contribution < -0.4 is 10.6 Å². The molecular formula is C17H19N5O2. The molecule has 0 spiro atoms. The van der Waals surface area contributed by atoms with E-state index in [9.17, 15) is 9.90 Å². The SMILES string of the molecule is Cn1cc(C(C)(O)CNC(=O)Nc2cccc3cccnc23)cn1. The second-order valence-corrected chi connectivity index (χ2v) is 5.86. The molecule has 0 bridgehead atoms. The first-order chi connectivity index (χ1) is 11.5. The van der Waals surface area contributed by atoms with Crippen LogP contribution in [-0.2, 0) is 12.6 Å². The van der Waals surface area contributed by atoms with Crippen LogP contribution in [0.1, 0.15) is 12.5 Å². The van der Waals surface area contributed by atoms with Gasteiger partial charge >= 0.3 is 6.03 Å². The van der Waals surface area contributed by atoms with Crippen LogP contribution in [0.3, 0.4) is 0 Å².